The number of hydrogen-bond acceptors (Lipinski definition) is 4. The van der Waals surface area contributed by atoms with Gasteiger partial charge in [-0.25, -0.2) is 9.37 Å². The predicted molar refractivity (Wildman–Crippen MR) is 118 cm³/mol. The third-order valence-corrected chi connectivity index (χ3v) is 5.41. The number of pyridine rings is 1. The smallest absolute Gasteiger partial charge is 0.256 e. The van der Waals surface area contributed by atoms with Crippen LogP contribution in [0.5, 0.6) is 5.88 Å². The number of carbonyl (C=O) groups excluding carboxylic acids is 1. The molecule has 0 saturated carbocycles. The topological polar surface area (TPSA) is 69.0 Å². The van der Waals surface area contributed by atoms with Crippen molar-refractivity contribution in [2.45, 2.75) is 20.4 Å². The first kappa shape index (κ1) is 20.8. The molecule has 0 radical (unpaired) electrons. The average Bonchev–Trinajstić information content (AvgIpc) is 3.03. The van der Waals surface area contributed by atoms with Gasteiger partial charge < -0.3 is 10.1 Å². The molecule has 0 aliphatic carbocycles. The molecular weight excluding hydrogens is 419 g/mol. The van der Waals surface area contributed by atoms with Crippen LogP contribution in [-0.2, 0) is 6.54 Å². The Labute approximate surface area is 183 Å². The molecule has 8 heteroatoms. The summed E-state index contributed by atoms with van der Waals surface area (Å²) in [5.41, 5.74) is 3.42. The zero-order valence-electron chi connectivity index (χ0n) is 17.2. The number of amides is 1. The highest BCUT2D eigenvalue weighted by molar-refractivity contribution is 6.30. The van der Waals surface area contributed by atoms with Gasteiger partial charge in [-0.2, -0.15) is 5.10 Å². The van der Waals surface area contributed by atoms with Crippen molar-refractivity contribution in [1.29, 1.82) is 0 Å². The lowest BCUT2D eigenvalue weighted by atomic mass is 10.1. The Bertz CT molecular complexity index is 1300. The second-order valence-electron chi connectivity index (χ2n) is 7.10. The molecule has 0 spiro atoms. The van der Waals surface area contributed by atoms with Gasteiger partial charge in [0.25, 0.3) is 5.91 Å². The maximum atomic E-state index is 14.3. The molecule has 0 atom stereocenters. The normalized spacial score (nSPS) is 11.0. The molecule has 0 bridgehead atoms. The molecule has 2 aromatic carbocycles. The first-order valence-corrected chi connectivity index (χ1v) is 9.99. The fourth-order valence-electron chi connectivity index (χ4n) is 3.49. The van der Waals surface area contributed by atoms with Crippen molar-refractivity contribution in [3.63, 3.8) is 0 Å². The zero-order valence-corrected chi connectivity index (χ0v) is 18.0. The van der Waals surface area contributed by atoms with E-state index in [1.54, 1.807) is 29.8 Å². The number of benzene rings is 2. The molecule has 6 nitrogen and oxygen atoms in total. The van der Waals surface area contributed by atoms with Crippen LogP contribution >= 0.6 is 11.6 Å². The van der Waals surface area contributed by atoms with E-state index in [1.165, 1.54) is 13.2 Å². The summed E-state index contributed by atoms with van der Waals surface area (Å²) in [6.07, 6.45) is 0. The molecule has 1 amide bonds. The molecule has 31 heavy (non-hydrogen) atoms. The second-order valence-corrected chi connectivity index (χ2v) is 7.51. The second kappa shape index (κ2) is 8.35. The van der Waals surface area contributed by atoms with Crippen LogP contribution in [0.3, 0.4) is 0 Å². The molecule has 158 valence electrons. The van der Waals surface area contributed by atoms with Crippen LogP contribution in [0.2, 0.25) is 5.02 Å². The van der Waals surface area contributed by atoms with Gasteiger partial charge >= 0.3 is 0 Å². The van der Waals surface area contributed by atoms with Gasteiger partial charge in [0.1, 0.15) is 5.82 Å². The fraction of sp³-hybridized carbons (Fsp3) is 0.174. The number of hydrogen-bond donors (Lipinski definition) is 1. The number of methoxy groups -OCH3 is 1. The van der Waals surface area contributed by atoms with Crippen LogP contribution in [-0.4, -0.2) is 27.8 Å². The number of para-hydroxylation sites is 1. The minimum absolute atomic E-state index is 0.0612. The van der Waals surface area contributed by atoms with Crippen LogP contribution in [0.15, 0.2) is 48.5 Å². The minimum atomic E-state index is -0.474. The van der Waals surface area contributed by atoms with Crippen molar-refractivity contribution in [2.24, 2.45) is 0 Å². The number of fused-ring (bicyclic) bond motifs is 1. The summed E-state index contributed by atoms with van der Waals surface area (Å²) in [5.74, 6) is -0.432. The Balaban J connectivity index is 1.67. The maximum absolute atomic E-state index is 14.3. The van der Waals surface area contributed by atoms with Crippen LogP contribution in [0.25, 0.3) is 10.9 Å². The van der Waals surface area contributed by atoms with Gasteiger partial charge in [0, 0.05) is 17.0 Å². The zero-order chi connectivity index (χ0) is 22.1. The highest BCUT2D eigenvalue weighted by Crippen LogP contribution is 2.26. The molecule has 4 rings (SSSR count). The molecule has 0 aliphatic rings. The summed E-state index contributed by atoms with van der Waals surface area (Å²) in [7, 11) is 1.51. The summed E-state index contributed by atoms with van der Waals surface area (Å²) in [6, 6.07) is 13.8. The van der Waals surface area contributed by atoms with E-state index in [2.05, 4.69) is 15.4 Å². The van der Waals surface area contributed by atoms with E-state index < -0.39 is 5.82 Å². The van der Waals surface area contributed by atoms with Gasteiger partial charge in [-0.3, -0.25) is 9.48 Å². The maximum Gasteiger partial charge on any atom is 0.256 e. The van der Waals surface area contributed by atoms with Crippen molar-refractivity contribution in [2.75, 3.05) is 12.4 Å². The number of nitrogens with zero attached hydrogens (tertiary/aromatic N) is 3. The summed E-state index contributed by atoms with van der Waals surface area (Å²) in [6.45, 7) is 3.81. The number of aryl methyl sites for hydroxylation is 1. The molecule has 4 aromatic rings. The van der Waals surface area contributed by atoms with Crippen LogP contribution in [0.4, 0.5) is 10.1 Å². The third kappa shape index (κ3) is 3.96. The van der Waals surface area contributed by atoms with Gasteiger partial charge in [0.05, 0.1) is 46.8 Å². The van der Waals surface area contributed by atoms with Crippen molar-refractivity contribution in [3.8, 4) is 5.88 Å². The molecule has 0 aliphatic heterocycles. The monoisotopic (exact) mass is 438 g/mol. The van der Waals surface area contributed by atoms with E-state index in [0.717, 1.165) is 0 Å². The Hall–Kier alpha value is -3.45. The standard InChI is InChI=1S/C23H20ClFN4O2/c1-13-22(14(2)29(28-13)12-15-7-6-9-18(24)21(15)25)27-23(30)17-11-20(31-3)26-19-10-5-4-8-16(17)19/h4-11H,12H2,1-3H3,(H,27,30). The van der Waals surface area contributed by atoms with Crippen molar-refractivity contribution < 1.29 is 13.9 Å². The average molecular weight is 439 g/mol. The summed E-state index contributed by atoms with van der Waals surface area (Å²) < 4.78 is 21.2. The van der Waals surface area contributed by atoms with E-state index in [-0.39, 0.29) is 17.5 Å². The number of halogens is 2. The van der Waals surface area contributed by atoms with Gasteiger partial charge in [-0.1, -0.05) is 41.9 Å². The minimum Gasteiger partial charge on any atom is -0.481 e. The van der Waals surface area contributed by atoms with Crippen LogP contribution < -0.4 is 10.1 Å². The van der Waals surface area contributed by atoms with E-state index in [4.69, 9.17) is 16.3 Å². The highest BCUT2D eigenvalue weighted by atomic mass is 35.5. The van der Waals surface area contributed by atoms with Crippen LogP contribution in [0, 0.1) is 19.7 Å². The fourth-order valence-corrected chi connectivity index (χ4v) is 3.68. The molecule has 0 fully saturated rings. The lowest BCUT2D eigenvalue weighted by Crippen LogP contribution is -2.14. The lowest BCUT2D eigenvalue weighted by Gasteiger charge is -2.11. The first-order chi connectivity index (χ1) is 14.9. The first-order valence-electron chi connectivity index (χ1n) is 9.61. The number of rotatable bonds is 5. The summed E-state index contributed by atoms with van der Waals surface area (Å²) in [5, 5.41) is 8.19. The van der Waals surface area contributed by atoms with Crippen molar-refractivity contribution >= 4 is 34.1 Å². The molecule has 2 heterocycles. The summed E-state index contributed by atoms with van der Waals surface area (Å²) in [4.78, 5) is 17.5. The summed E-state index contributed by atoms with van der Waals surface area (Å²) >= 11 is 5.89. The Morgan fingerprint density at radius 3 is 2.74 bits per heavy atom. The van der Waals surface area contributed by atoms with Crippen molar-refractivity contribution in [3.05, 3.63) is 81.9 Å². The molecule has 2 aromatic heterocycles. The van der Waals surface area contributed by atoms with Gasteiger partial charge in [-0.05, 0) is 26.0 Å². The van der Waals surface area contributed by atoms with Crippen molar-refractivity contribution in [1.82, 2.24) is 14.8 Å². The predicted octanol–water partition coefficient (Wildman–Crippen LogP) is 5.15. The van der Waals surface area contributed by atoms with E-state index >= 15 is 0 Å². The SMILES string of the molecule is COc1cc(C(=O)Nc2c(C)nn(Cc3cccc(Cl)c3F)c2C)c2ccccc2n1. The van der Waals surface area contributed by atoms with E-state index in [0.29, 0.717) is 45.0 Å². The van der Waals surface area contributed by atoms with Gasteiger partial charge in [0.2, 0.25) is 5.88 Å². The number of anilines is 1. The quantitative estimate of drug-likeness (QED) is 0.468. The van der Waals surface area contributed by atoms with E-state index in [9.17, 15) is 9.18 Å². The highest BCUT2D eigenvalue weighted by Gasteiger charge is 2.19. The molecule has 0 unspecified atom stereocenters. The Morgan fingerprint density at radius 1 is 1.19 bits per heavy atom. The van der Waals surface area contributed by atoms with Gasteiger partial charge in [0.15, 0.2) is 0 Å². The number of nitrogens with one attached hydrogen (secondary N) is 1. The van der Waals surface area contributed by atoms with E-state index in [1.807, 2.05) is 31.2 Å². The molecular formula is C23H20ClFN4O2. The van der Waals surface area contributed by atoms with Crippen LogP contribution in [0.1, 0.15) is 27.3 Å². The number of ether oxygens (including phenoxy) is 1. The number of aromatic nitrogens is 3. The molecule has 1 N–H and O–H groups in total. The van der Waals surface area contributed by atoms with Gasteiger partial charge in [-0.15, -0.1) is 0 Å². The Kier molecular flexibility index (Phi) is 5.61. The molecule has 0 saturated heterocycles. The third-order valence-electron chi connectivity index (χ3n) is 5.12. The number of carbonyl (C=O) groups is 1. The lowest BCUT2D eigenvalue weighted by molar-refractivity contribution is 0.102. The Morgan fingerprint density at radius 2 is 1.97 bits per heavy atom. The largest absolute Gasteiger partial charge is 0.481 e.